The zero-order chi connectivity index (χ0) is 19.1. The maximum Gasteiger partial charge on any atom is 0.416 e. The third-order valence-corrected chi connectivity index (χ3v) is 4.30. The second kappa shape index (κ2) is 6.59. The van der Waals surface area contributed by atoms with Crippen molar-refractivity contribution in [2.45, 2.75) is 26.1 Å². The number of carbonyl (C=O) groups is 1. The zero-order valence-electron chi connectivity index (χ0n) is 14.8. The molecule has 2 heterocycles. The van der Waals surface area contributed by atoms with E-state index in [4.69, 9.17) is 0 Å². The summed E-state index contributed by atoms with van der Waals surface area (Å²) < 4.78 is 38.7. The molecule has 0 unspecified atom stereocenters. The first-order valence-electron chi connectivity index (χ1n) is 8.17. The second-order valence-corrected chi connectivity index (χ2v) is 6.47. The molecule has 26 heavy (non-hydrogen) atoms. The Labute approximate surface area is 149 Å². The van der Waals surface area contributed by atoms with Gasteiger partial charge in [-0.3, -0.25) is 4.79 Å². The van der Waals surface area contributed by atoms with Gasteiger partial charge < -0.3 is 9.80 Å². The average molecular weight is 364 g/mol. The number of alkyl halides is 3. The third-order valence-electron chi connectivity index (χ3n) is 4.30. The summed E-state index contributed by atoms with van der Waals surface area (Å²) in [7, 11) is 3.71. The molecule has 1 aromatic heterocycles. The van der Waals surface area contributed by atoms with Gasteiger partial charge in [-0.1, -0.05) is 6.07 Å². The molecule has 0 N–H and O–H groups in total. The van der Waals surface area contributed by atoms with Gasteiger partial charge in [-0.25, -0.2) is 9.97 Å². The molecule has 3 rings (SSSR count). The number of aryl methyl sites for hydroxylation is 1. The van der Waals surface area contributed by atoms with Crippen LogP contribution in [0.3, 0.4) is 0 Å². The van der Waals surface area contributed by atoms with Gasteiger partial charge in [-0.2, -0.15) is 13.2 Å². The lowest BCUT2D eigenvalue weighted by Crippen LogP contribution is -2.37. The molecule has 138 valence electrons. The number of rotatable bonds is 2. The van der Waals surface area contributed by atoms with Gasteiger partial charge in [0.2, 0.25) is 0 Å². The van der Waals surface area contributed by atoms with E-state index in [1.54, 1.807) is 4.90 Å². The van der Waals surface area contributed by atoms with Crippen molar-refractivity contribution in [3.8, 4) is 0 Å². The van der Waals surface area contributed by atoms with Crippen LogP contribution in [-0.2, 0) is 19.1 Å². The van der Waals surface area contributed by atoms with E-state index in [2.05, 4.69) is 9.97 Å². The van der Waals surface area contributed by atoms with Crippen LogP contribution in [0.25, 0.3) is 0 Å². The maximum absolute atomic E-state index is 12.9. The van der Waals surface area contributed by atoms with Gasteiger partial charge in [0.05, 0.1) is 17.8 Å². The Morgan fingerprint density at radius 1 is 1.23 bits per heavy atom. The first kappa shape index (κ1) is 18.2. The highest BCUT2D eigenvalue weighted by molar-refractivity contribution is 5.94. The predicted molar refractivity (Wildman–Crippen MR) is 91.0 cm³/mol. The largest absolute Gasteiger partial charge is 0.416 e. The van der Waals surface area contributed by atoms with Crippen LogP contribution in [-0.4, -0.2) is 41.4 Å². The number of hydrogen-bond acceptors (Lipinski definition) is 4. The van der Waals surface area contributed by atoms with E-state index in [0.717, 1.165) is 29.2 Å². The molecule has 0 fully saturated rings. The van der Waals surface area contributed by atoms with Crippen molar-refractivity contribution in [1.82, 2.24) is 14.9 Å². The summed E-state index contributed by atoms with van der Waals surface area (Å²) in [5.74, 6) is 0.964. The normalized spacial score (nSPS) is 14.2. The van der Waals surface area contributed by atoms with Crippen LogP contribution < -0.4 is 4.90 Å². The lowest BCUT2D eigenvalue weighted by Gasteiger charge is -2.31. The Kier molecular flexibility index (Phi) is 4.60. The number of benzene rings is 1. The first-order valence-corrected chi connectivity index (χ1v) is 8.17. The molecule has 2 aromatic rings. The highest BCUT2D eigenvalue weighted by Gasteiger charge is 2.32. The van der Waals surface area contributed by atoms with Gasteiger partial charge in [0, 0.05) is 38.2 Å². The molecule has 1 aromatic carbocycles. The van der Waals surface area contributed by atoms with E-state index in [9.17, 15) is 18.0 Å². The van der Waals surface area contributed by atoms with Crippen molar-refractivity contribution in [2.75, 3.05) is 25.5 Å². The van der Waals surface area contributed by atoms with Crippen LogP contribution in [0.1, 0.15) is 33.0 Å². The molecule has 8 heteroatoms. The fourth-order valence-electron chi connectivity index (χ4n) is 3.07. The highest BCUT2D eigenvalue weighted by Crippen LogP contribution is 2.31. The summed E-state index contributed by atoms with van der Waals surface area (Å²) in [4.78, 5) is 25.0. The monoisotopic (exact) mass is 364 g/mol. The van der Waals surface area contributed by atoms with E-state index < -0.39 is 17.6 Å². The maximum atomic E-state index is 12.9. The molecule has 0 aliphatic carbocycles. The van der Waals surface area contributed by atoms with E-state index in [1.165, 1.54) is 12.1 Å². The Morgan fingerprint density at radius 3 is 2.62 bits per heavy atom. The molecule has 0 atom stereocenters. The van der Waals surface area contributed by atoms with Gasteiger partial charge in [0.1, 0.15) is 11.6 Å². The third kappa shape index (κ3) is 3.49. The van der Waals surface area contributed by atoms with Gasteiger partial charge in [0.25, 0.3) is 5.91 Å². The Hall–Kier alpha value is -2.64. The van der Waals surface area contributed by atoms with Crippen molar-refractivity contribution in [3.63, 3.8) is 0 Å². The van der Waals surface area contributed by atoms with Crippen molar-refractivity contribution in [3.05, 3.63) is 52.5 Å². The van der Waals surface area contributed by atoms with E-state index in [0.29, 0.717) is 18.8 Å². The fourth-order valence-corrected chi connectivity index (χ4v) is 3.07. The van der Waals surface area contributed by atoms with E-state index >= 15 is 0 Å². The molecular formula is C18H19F3N4O. The lowest BCUT2D eigenvalue weighted by molar-refractivity contribution is -0.137. The summed E-state index contributed by atoms with van der Waals surface area (Å²) in [6.45, 7) is 2.50. The van der Waals surface area contributed by atoms with Crippen LogP contribution in [0, 0.1) is 6.92 Å². The molecule has 0 saturated carbocycles. The highest BCUT2D eigenvalue weighted by atomic mass is 19.4. The molecule has 0 bridgehead atoms. The minimum atomic E-state index is -4.48. The molecule has 0 saturated heterocycles. The summed E-state index contributed by atoms with van der Waals surface area (Å²) in [5, 5.41) is 0. The second-order valence-electron chi connectivity index (χ2n) is 6.47. The smallest absolute Gasteiger partial charge is 0.362 e. The number of amides is 1. The molecule has 0 spiro atoms. The summed E-state index contributed by atoms with van der Waals surface area (Å²) in [6, 6.07) is 4.52. The predicted octanol–water partition coefficient (Wildman–Crippen LogP) is 3.07. The fraction of sp³-hybridized carbons (Fsp3) is 0.389. The number of aromatic nitrogens is 2. The van der Waals surface area contributed by atoms with Crippen LogP contribution in [0.5, 0.6) is 0 Å². The quantitative estimate of drug-likeness (QED) is 0.822. The SMILES string of the molecule is Cc1nc2c(c(N(C)C)n1)CN(C(=O)c1cccc(C(F)(F)F)c1)CC2. The van der Waals surface area contributed by atoms with E-state index in [1.807, 2.05) is 25.9 Å². The Morgan fingerprint density at radius 2 is 1.96 bits per heavy atom. The van der Waals surface area contributed by atoms with Crippen LogP contribution in [0.4, 0.5) is 19.0 Å². The number of fused-ring (bicyclic) bond motifs is 1. The molecule has 0 radical (unpaired) electrons. The van der Waals surface area contributed by atoms with Gasteiger partial charge >= 0.3 is 6.18 Å². The topological polar surface area (TPSA) is 49.3 Å². The molecule has 1 amide bonds. The molecule has 1 aliphatic rings. The van der Waals surface area contributed by atoms with E-state index in [-0.39, 0.29) is 12.1 Å². The standard InChI is InChI=1S/C18H19F3N4O/c1-11-22-15-7-8-25(10-14(15)16(23-11)24(2)3)17(26)12-5-4-6-13(9-12)18(19,20)21/h4-6,9H,7-8,10H2,1-3H3. The summed E-state index contributed by atoms with van der Waals surface area (Å²) in [6.07, 6.45) is -3.93. The van der Waals surface area contributed by atoms with Crippen molar-refractivity contribution in [1.29, 1.82) is 0 Å². The first-order chi connectivity index (χ1) is 12.2. The van der Waals surface area contributed by atoms with Gasteiger partial charge in [0.15, 0.2) is 0 Å². The minimum Gasteiger partial charge on any atom is -0.362 e. The number of carbonyl (C=O) groups excluding carboxylic acids is 1. The van der Waals surface area contributed by atoms with Gasteiger partial charge in [-0.05, 0) is 25.1 Å². The van der Waals surface area contributed by atoms with Crippen LogP contribution in [0.2, 0.25) is 0 Å². The van der Waals surface area contributed by atoms with Crippen LogP contribution in [0.15, 0.2) is 24.3 Å². The summed E-state index contributed by atoms with van der Waals surface area (Å²) in [5.41, 5.74) is 0.929. The minimum absolute atomic E-state index is 0.0303. The summed E-state index contributed by atoms with van der Waals surface area (Å²) >= 11 is 0. The number of anilines is 1. The zero-order valence-corrected chi connectivity index (χ0v) is 14.8. The van der Waals surface area contributed by atoms with Crippen molar-refractivity contribution in [2.24, 2.45) is 0 Å². The van der Waals surface area contributed by atoms with Crippen LogP contribution >= 0.6 is 0 Å². The molecule has 5 nitrogen and oxygen atoms in total. The Bertz CT molecular complexity index is 849. The molecular weight excluding hydrogens is 345 g/mol. The number of nitrogens with zero attached hydrogens (tertiary/aromatic N) is 4. The lowest BCUT2D eigenvalue weighted by atomic mass is 10.0. The van der Waals surface area contributed by atoms with Crippen molar-refractivity contribution >= 4 is 11.7 Å². The molecule has 1 aliphatic heterocycles. The van der Waals surface area contributed by atoms with Gasteiger partial charge in [-0.15, -0.1) is 0 Å². The number of halogens is 3. The van der Waals surface area contributed by atoms with Crippen molar-refractivity contribution < 1.29 is 18.0 Å². The average Bonchev–Trinajstić information content (AvgIpc) is 2.59. The number of hydrogen-bond donors (Lipinski definition) is 0. The Balaban J connectivity index is 1.91.